The predicted molar refractivity (Wildman–Crippen MR) is 409 cm³/mol. The van der Waals surface area contributed by atoms with Crippen molar-refractivity contribution in [2.45, 2.75) is 176 Å². The Labute approximate surface area is 655 Å². The van der Waals surface area contributed by atoms with Crippen LogP contribution in [-0.4, -0.2) is 177 Å². The molecule has 1 spiro atoms. The molecule has 0 radical (unpaired) electrons. The average molecular weight is 1540 g/mol. The van der Waals surface area contributed by atoms with Crippen molar-refractivity contribution in [1.82, 2.24) is 10.6 Å². The normalized spacial score (nSPS) is 25.5. The molecular formula is C87H93N5O21. The van der Waals surface area contributed by atoms with E-state index in [0.717, 1.165) is 50.1 Å². The zero-order chi connectivity index (χ0) is 78.5. The number of carbonyl (C=O) groups excluding carboxylic acids is 4. The Balaban J connectivity index is 0.866. The van der Waals surface area contributed by atoms with Gasteiger partial charge in [0.2, 0.25) is 5.91 Å². The molecule has 4 aliphatic heterocycles. The average Bonchev–Trinajstić information content (AvgIpc) is 1.30. The summed E-state index contributed by atoms with van der Waals surface area (Å²) in [5.41, 5.74) is 19.1. The van der Waals surface area contributed by atoms with Gasteiger partial charge in [0.05, 0.1) is 77.7 Å². The summed E-state index contributed by atoms with van der Waals surface area (Å²) in [7, 11) is 0. The summed E-state index contributed by atoms with van der Waals surface area (Å²) in [4.78, 5) is 61.5. The molecule has 1 aliphatic carbocycles. The predicted octanol–water partition coefficient (Wildman–Crippen LogP) is 11.0. The fraction of sp³-hybridized carbons (Fsp3) is 0.379. The number of aliphatic hydroxyl groups excluding tert-OH is 2. The Morgan fingerprint density at radius 2 is 1.15 bits per heavy atom. The van der Waals surface area contributed by atoms with Crippen LogP contribution in [0.15, 0.2) is 248 Å². The van der Waals surface area contributed by atoms with Crippen LogP contribution in [0.4, 0.5) is 4.79 Å². The van der Waals surface area contributed by atoms with Gasteiger partial charge in [-0.2, -0.15) is 0 Å². The minimum atomic E-state index is -2.50. The number of fused-ring (bicyclic) bond motifs is 4. The van der Waals surface area contributed by atoms with Gasteiger partial charge in [0, 0.05) is 24.2 Å². The van der Waals surface area contributed by atoms with Crippen LogP contribution >= 0.6 is 0 Å². The fourth-order valence-corrected chi connectivity index (χ4v) is 14.8. The highest BCUT2D eigenvalue weighted by molar-refractivity contribution is 5.83. The summed E-state index contributed by atoms with van der Waals surface area (Å²) in [5, 5.41) is 33.6. The van der Waals surface area contributed by atoms with Gasteiger partial charge in [-0.1, -0.05) is 248 Å². The van der Waals surface area contributed by atoms with Crippen molar-refractivity contribution in [2.24, 2.45) is 5.11 Å². The lowest BCUT2D eigenvalue weighted by Crippen LogP contribution is -2.75. The van der Waals surface area contributed by atoms with Gasteiger partial charge in [0.1, 0.15) is 74.2 Å². The number of hydrogen-bond donors (Lipinski definition) is 4. The molecule has 592 valence electrons. The highest BCUT2D eigenvalue weighted by Gasteiger charge is 2.66. The minimum Gasteiger partial charge on any atom is -0.460 e. The number of carbonyl (C=O) groups is 4. The highest BCUT2D eigenvalue weighted by atomic mass is 16.8. The van der Waals surface area contributed by atoms with Crippen LogP contribution in [0.3, 0.4) is 0 Å². The van der Waals surface area contributed by atoms with Crippen LogP contribution in [0.25, 0.3) is 21.6 Å². The molecule has 26 heteroatoms. The first kappa shape index (κ1) is 81.0. The van der Waals surface area contributed by atoms with Crippen molar-refractivity contribution >= 4 is 23.9 Å². The van der Waals surface area contributed by atoms with E-state index in [1.165, 1.54) is 19.9 Å². The monoisotopic (exact) mass is 1540 g/mol. The van der Waals surface area contributed by atoms with Crippen molar-refractivity contribution in [3.05, 3.63) is 298 Å². The number of aliphatic hydroxyl groups is 2. The molecule has 0 saturated carbocycles. The lowest BCUT2D eigenvalue weighted by molar-refractivity contribution is -0.408. The number of amides is 2. The summed E-state index contributed by atoms with van der Waals surface area (Å²) >= 11 is 0. The molecule has 4 heterocycles. The van der Waals surface area contributed by atoms with E-state index < -0.39 is 147 Å². The van der Waals surface area contributed by atoms with E-state index in [1.807, 2.05) is 231 Å². The first-order valence-electron chi connectivity index (χ1n) is 37.8. The maximum absolute atomic E-state index is 16.1. The van der Waals surface area contributed by atoms with Gasteiger partial charge in [0.15, 0.2) is 24.7 Å². The number of esters is 2. The van der Waals surface area contributed by atoms with E-state index >= 15 is 4.79 Å². The third kappa shape index (κ3) is 20.5. The summed E-state index contributed by atoms with van der Waals surface area (Å²) in [6.07, 6.45) is -20.9. The molecule has 18 atom stereocenters. The van der Waals surface area contributed by atoms with Gasteiger partial charge in [-0.15, -0.1) is 0 Å². The zero-order valence-electron chi connectivity index (χ0n) is 62.6. The number of nitrogens with zero attached hydrogens (tertiary/aromatic N) is 3. The summed E-state index contributed by atoms with van der Waals surface area (Å²) in [5.74, 6) is -5.32. The third-order valence-corrected chi connectivity index (χ3v) is 20.4. The van der Waals surface area contributed by atoms with Crippen LogP contribution in [0.1, 0.15) is 70.7 Å². The number of rotatable bonds is 36. The quantitative estimate of drug-likeness (QED) is 0.00708. The van der Waals surface area contributed by atoms with Gasteiger partial charge in [0.25, 0.3) is 5.79 Å². The van der Waals surface area contributed by atoms with Gasteiger partial charge in [-0.25, -0.2) is 14.4 Å². The maximum atomic E-state index is 16.1. The lowest BCUT2D eigenvalue weighted by Gasteiger charge is -2.56. The van der Waals surface area contributed by atoms with Crippen molar-refractivity contribution in [1.29, 1.82) is 0 Å². The molecule has 4 saturated heterocycles. The number of benzene rings is 8. The maximum Gasteiger partial charge on any atom is 0.407 e. The van der Waals surface area contributed by atoms with E-state index in [-0.39, 0.29) is 72.0 Å². The van der Waals surface area contributed by atoms with Crippen molar-refractivity contribution in [3.8, 4) is 11.1 Å². The summed E-state index contributed by atoms with van der Waals surface area (Å²) in [6, 6.07) is 67.3. The number of nitrogens with one attached hydrogen (secondary N) is 2. The highest BCUT2D eigenvalue weighted by Crippen LogP contribution is 2.47. The number of ether oxygens (including phenoxy) is 15. The number of azide groups is 1. The molecule has 113 heavy (non-hydrogen) atoms. The fourth-order valence-electron chi connectivity index (χ4n) is 14.8. The summed E-state index contributed by atoms with van der Waals surface area (Å²) < 4.78 is 101. The molecule has 4 N–H and O–H groups in total. The smallest absolute Gasteiger partial charge is 0.407 e. The van der Waals surface area contributed by atoms with Gasteiger partial charge in [-0.3, -0.25) is 4.79 Å². The van der Waals surface area contributed by atoms with Crippen molar-refractivity contribution in [3.63, 3.8) is 0 Å². The molecule has 4 fully saturated rings. The Morgan fingerprint density at radius 3 is 1.71 bits per heavy atom. The van der Waals surface area contributed by atoms with Crippen LogP contribution < -0.4 is 10.6 Å². The molecule has 2 amide bonds. The van der Waals surface area contributed by atoms with Gasteiger partial charge < -0.3 is 91.9 Å². The molecule has 13 rings (SSSR count). The molecule has 0 bridgehead atoms. The second kappa shape index (κ2) is 39.6. The topological polar surface area (TPSA) is 320 Å². The number of hydrogen-bond acceptors (Lipinski definition) is 22. The third-order valence-electron chi connectivity index (χ3n) is 20.4. The lowest BCUT2D eigenvalue weighted by atomic mass is 9.86. The van der Waals surface area contributed by atoms with Crippen LogP contribution in [0.5, 0.6) is 0 Å². The van der Waals surface area contributed by atoms with Crippen LogP contribution in [0.2, 0.25) is 0 Å². The Hall–Kier alpha value is -10.1. The van der Waals surface area contributed by atoms with E-state index in [9.17, 15) is 30.1 Å². The minimum absolute atomic E-state index is 0.0320. The standard InChI is InChI=1S/C87H93N5O21/c1-4-43-101-82(96)72(90-86(98)106-52-67-65-41-25-23-39-63(65)64-40-24-26-42-66(64)67)55(2)107-83-74(91-92-88)78(75(95)69(45-93)108-83)110-84-81(105-51-62-37-21-10-22-38-62)80-77(71(109-84)54-100-47-58-29-13-6-14-30-58)111-85(97)87(113-80)44-68(102-48-59-31-15-7-16-32-59)73(89-56(3)94)79(112-87)76(104-50-61-35-19-9-20-36-61)70(103-49-60-33-17-8-18-34-60)53-99-46-57-27-11-5-12-28-57/h4-42,55,67-81,83-84,93,95H,1,43-54H2,2-3H3,(H,89,94)(H,90,98)/t55-,68+,69-,70-,71-,72+,73-,74-,75+,76-,77+,78-,79-,80+,81-,83+,84+,87+/m1/s1. The Bertz CT molecular complexity index is 4380. The first-order valence-corrected chi connectivity index (χ1v) is 37.8. The number of alkyl carbamates (subject to hydrolysis) is 1. The van der Waals surface area contributed by atoms with E-state index in [4.69, 9.17) is 71.1 Å². The van der Waals surface area contributed by atoms with E-state index in [1.54, 1.807) is 0 Å². The first-order chi connectivity index (χ1) is 55.3. The van der Waals surface area contributed by atoms with Gasteiger partial charge >= 0.3 is 18.0 Å². The van der Waals surface area contributed by atoms with Crippen LogP contribution in [-0.2, 0) is 125 Å². The zero-order valence-corrected chi connectivity index (χ0v) is 62.6. The SMILES string of the molecule is C=CCOC(=O)[C@@H](NC(=O)OCC1c2ccccc2-c2ccccc21)[C@@H](C)O[C@H]1O[C@H](CO)[C@H](O)[C@H](O[C@@H]2O[C@H](COCc3ccccc3)[C@@H]3OC(=O)[C@]4(C[C@H](OCc5ccccc5)[C@@H](NC(C)=O)[C@H]([C@H](OCc5ccccc5)[C@@H](COCc5ccccc5)OCc5ccccc5)O4)O[C@@H]3[C@H]2OCc2ccccc2)[C@H]1N=[N+]=[N-]. The van der Waals surface area contributed by atoms with Gasteiger partial charge in [-0.05, 0) is 68.1 Å². The summed E-state index contributed by atoms with van der Waals surface area (Å²) in [6.45, 7) is 4.81. The largest absolute Gasteiger partial charge is 0.460 e. The molecular weight excluding hydrogens is 1450 g/mol. The molecule has 0 aromatic heterocycles. The van der Waals surface area contributed by atoms with E-state index in [0.29, 0.717) is 5.56 Å². The Morgan fingerprint density at radius 1 is 0.628 bits per heavy atom. The molecule has 0 unspecified atom stereocenters. The second-order valence-electron chi connectivity index (χ2n) is 28.2. The second-order valence-corrected chi connectivity index (χ2v) is 28.2. The van der Waals surface area contributed by atoms with E-state index in [2.05, 4.69) is 27.2 Å². The molecule has 8 aromatic rings. The van der Waals surface area contributed by atoms with Crippen LogP contribution in [0, 0.1) is 0 Å². The molecule has 8 aromatic carbocycles. The molecule has 26 nitrogen and oxygen atoms in total. The van der Waals surface area contributed by atoms with Crippen molar-refractivity contribution in [2.75, 3.05) is 33.0 Å². The Kier molecular flexibility index (Phi) is 28.4. The molecule has 5 aliphatic rings. The van der Waals surface area contributed by atoms with Crippen molar-refractivity contribution < 1.29 is 100 Å².